The fourth-order valence-electron chi connectivity index (χ4n) is 3.68. The van der Waals surface area contributed by atoms with E-state index in [1.165, 1.54) is 10.6 Å². The molecule has 0 radical (unpaired) electrons. The third-order valence-corrected chi connectivity index (χ3v) is 6.64. The molecule has 134 valence electrons. The second-order valence-corrected chi connectivity index (χ2v) is 8.56. The first-order valence-corrected chi connectivity index (χ1v) is 10.5. The molecule has 1 aliphatic heterocycles. The lowest BCUT2D eigenvalue weighted by molar-refractivity contribution is 0.0499. The second kappa shape index (κ2) is 7.55. The van der Waals surface area contributed by atoms with Crippen molar-refractivity contribution in [2.45, 2.75) is 32.5 Å². The monoisotopic (exact) mass is 376 g/mol. The summed E-state index contributed by atoms with van der Waals surface area (Å²) < 4.78 is 2.22. The van der Waals surface area contributed by atoms with Crippen molar-refractivity contribution in [3.63, 3.8) is 0 Å². The molecule has 4 rings (SSSR count). The van der Waals surface area contributed by atoms with E-state index in [4.69, 9.17) is 0 Å². The highest BCUT2D eigenvalue weighted by Crippen LogP contribution is 2.22. The molecule has 1 fully saturated rings. The van der Waals surface area contributed by atoms with Crippen molar-refractivity contribution in [1.29, 1.82) is 0 Å². The largest absolute Gasteiger partial charge is 0.396 e. The number of fused-ring (bicyclic) bond motifs is 1. The van der Waals surface area contributed by atoms with Crippen molar-refractivity contribution < 1.29 is 5.11 Å². The number of aryl methyl sites for hydroxylation is 1. The van der Waals surface area contributed by atoms with Gasteiger partial charge < -0.3 is 5.11 Å². The summed E-state index contributed by atoms with van der Waals surface area (Å²) in [7, 11) is 0. The van der Waals surface area contributed by atoms with Crippen LogP contribution in [0.1, 0.15) is 22.7 Å². The van der Waals surface area contributed by atoms with Gasteiger partial charge in [-0.15, -0.1) is 22.7 Å². The quantitative estimate of drug-likeness (QED) is 0.718. The molecule has 3 aromatic rings. The van der Waals surface area contributed by atoms with Crippen molar-refractivity contribution in [1.82, 2.24) is 19.2 Å². The molecule has 0 aromatic carbocycles. The maximum absolute atomic E-state index is 9.51. The van der Waals surface area contributed by atoms with E-state index in [2.05, 4.69) is 55.2 Å². The summed E-state index contributed by atoms with van der Waals surface area (Å²) in [5.41, 5.74) is 2.43. The number of rotatable bonds is 6. The Hall–Kier alpha value is -1.25. The molecule has 0 amide bonds. The van der Waals surface area contributed by atoms with Gasteiger partial charge in [-0.25, -0.2) is 4.98 Å². The van der Waals surface area contributed by atoms with Gasteiger partial charge in [0.2, 0.25) is 0 Å². The van der Waals surface area contributed by atoms with E-state index in [0.717, 1.165) is 49.8 Å². The molecule has 0 bridgehead atoms. The summed E-state index contributed by atoms with van der Waals surface area (Å²) in [5, 5.41) is 13.7. The maximum Gasteiger partial charge on any atom is 0.194 e. The van der Waals surface area contributed by atoms with Crippen LogP contribution in [0, 0.1) is 6.92 Å². The predicted molar refractivity (Wildman–Crippen MR) is 103 cm³/mol. The molecule has 4 heterocycles. The predicted octanol–water partition coefficient (Wildman–Crippen LogP) is 2.83. The number of imidazole rings is 1. The van der Waals surface area contributed by atoms with Gasteiger partial charge in [-0.2, -0.15) is 0 Å². The molecule has 5 nitrogen and oxygen atoms in total. The molecule has 0 aliphatic carbocycles. The number of hydrogen-bond acceptors (Lipinski definition) is 6. The molecule has 1 aliphatic rings. The molecule has 25 heavy (non-hydrogen) atoms. The van der Waals surface area contributed by atoms with E-state index in [1.807, 2.05) is 11.3 Å². The van der Waals surface area contributed by atoms with E-state index < -0.39 is 0 Å². The SMILES string of the molecule is Cc1nc2sccn2c1CN1CCN(Cc2cccs2)[C@H](CCO)C1. The molecule has 1 N–H and O–H groups in total. The second-order valence-electron chi connectivity index (χ2n) is 6.65. The van der Waals surface area contributed by atoms with Gasteiger partial charge in [0.1, 0.15) is 0 Å². The van der Waals surface area contributed by atoms with E-state index in [0.29, 0.717) is 6.04 Å². The van der Waals surface area contributed by atoms with Crippen LogP contribution in [-0.2, 0) is 13.1 Å². The Morgan fingerprint density at radius 1 is 1.24 bits per heavy atom. The molecule has 1 atom stereocenters. The number of aliphatic hydroxyl groups is 1. The van der Waals surface area contributed by atoms with Gasteiger partial charge in [0.05, 0.1) is 11.4 Å². The molecule has 1 saturated heterocycles. The molecule has 7 heteroatoms. The van der Waals surface area contributed by atoms with E-state index in [9.17, 15) is 5.11 Å². The lowest BCUT2D eigenvalue weighted by Crippen LogP contribution is -2.52. The Balaban J connectivity index is 1.46. The first-order valence-electron chi connectivity index (χ1n) is 8.75. The van der Waals surface area contributed by atoms with Crippen LogP contribution in [0.3, 0.4) is 0 Å². The lowest BCUT2D eigenvalue weighted by Gasteiger charge is -2.41. The van der Waals surface area contributed by atoms with E-state index in [1.54, 1.807) is 11.3 Å². The van der Waals surface area contributed by atoms with Gasteiger partial charge in [-0.1, -0.05) is 6.07 Å². The number of aromatic nitrogens is 2. The van der Waals surface area contributed by atoms with Gasteiger partial charge in [0, 0.05) is 61.8 Å². The number of piperazine rings is 1. The van der Waals surface area contributed by atoms with Gasteiger partial charge >= 0.3 is 0 Å². The fraction of sp³-hybridized carbons (Fsp3) is 0.500. The molecule has 0 unspecified atom stereocenters. The summed E-state index contributed by atoms with van der Waals surface area (Å²) in [4.78, 5) is 12.2. The molecule has 0 saturated carbocycles. The lowest BCUT2D eigenvalue weighted by atomic mass is 10.1. The van der Waals surface area contributed by atoms with Gasteiger partial charge in [-0.3, -0.25) is 14.2 Å². The fourth-order valence-corrected chi connectivity index (χ4v) is 5.19. The zero-order valence-corrected chi connectivity index (χ0v) is 16.1. The Labute approximate surface area is 156 Å². The summed E-state index contributed by atoms with van der Waals surface area (Å²) in [6.07, 6.45) is 2.95. The van der Waals surface area contributed by atoms with Crippen molar-refractivity contribution in [2.75, 3.05) is 26.2 Å². The summed E-state index contributed by atoms with van der Waals surface area (Å²) in [6, 6.07) is 4.73. The average Bonchev–Trinajstić information content (AvgIpc) is 3.31. The van der Waals surface area contributed by atoms with Crippen LogP contribution in [0.5, 0.6) is 0 Å². The minimum absolute atomic E-state index is 0.250. The number of aliphatic hydroxyl groups excluding tert-OH is 1. The Kier molecular flexibility index (Phi) is 5.19. The van der Waals surface area contributed by atoms with Crippen LogP contribution in [0.2, 0.25) is 0 Å². The van der Waals surface area contributed by atoms with Crippen LogP contribution in [0.25, 0.3) is 4.96 Å². The van der Waals surface area contributed by atoms with Crippen molar-refractivity contribution in [3.8, 4) is 0 Å². The number of thiophene rings is 1. The third-order valence-electron chi connectivity index (χ3n) is 5.02. The van der Waals surface area contributed by atoms with Crippen molar-refractivity contribution in [3.05, 3.63) is 45.4 Å². The van der Waals surface area contributed by atoms with Crippen LogP contribution < -0.4 is 0 Å². The van der Waals surface area contributed by atoms with Crippen LogP contribution >= 0.6 is 22.7 Å². The smallest absolute Gasteiger partial charge is 0.194 e. The number of nitrogens with zero attached hydrogens (tertiary/aromatic N) is 4. The summed E-state index contributed by atoms with van der Waals surface area (Å²) >= 11 is 3.51. The van der Waals surface area contributed by atoms with Crippen LogP contribution in [0.15, 0.2) is 29.1 Å². The highest BCUT2D eigenvalue weighted by molar-refractivity contribution is 7.15. The topological polar surface area (TPSA) is 44.0 Å². The Bertz CT molecular complexity index is 810. The van der Waals surface area contributed by atoms with Crippen LogP contribution in [0.4, 0.5) is 0 Å². The Morgan fingerprint density at radius 3 is 2.96 bits per heavy atom. The van der Waals surface area contributed by atoms with E-state index >= 15 is 0 Å². The van der Waals surface area contributed by atoms with Gasteiger partial charge in [0.25, 0.3) is 0 Å². The standard InChI is InChI=1S/C18H24N4OS2/c1-14-17(22-7-10-25-18(22)19-14)13-20-5-6-21(15(11-20)4-8-23)12-16-3-2-9-24-16/h2-3,7,9-10,15,23H,4-6,8,11-13H2,1H3/t15-/m1/s1. The minimum Gasteiger partial charge on any atom is -0.396 e. The zero-order valence-electron chi connectivity index (χ0n) is 14.5. The molecule has 0 spiro atoms. The molecular weight excluding hydrogens is 352 g/mol. The van der Waals surface area contributed by atoms with Gasteiger partial charge in [0.15, 0.2) is 4.96 Å². The summed E-state index contributed by atoms with van der Waals surface area (Å²) in [6.45, 7) is 7.39. The molecule has 3 aromatic heterocycles. The third kappa shape index (κ3) is 3.66. The van der Waals surface area contributed by atoms with E-state index in [-0.39, 0.29) is 6.61 Å². The number of hydrogen-bond donors (Lipinski definition) is 1. The zero-order chi connectivity index (χ0) is 17.2. The number of thiazole rings is 1. The minimum atomic E-state index is 0.250. The Morgan fingerprint density at radius 2 is 2.16 bits per heavy atom. The maximum atomic E-state index is 9.51. The first kappa shape index (κ1) is 17.2. The highest BCUT2D eigenvalue weighted by atomic mass is 32.1. The highest BCUT2D eigenvalue weighted by Gasteiger charge is 2.27. The molecular formula is C18H24N4OS2. The van der Waals surface area contributed by atoms with Crippen molar-refractivity contribution >= 4 is 27.6 Å². The van der Waals surface area contributed by atoms with Gasteiger partial charge in [-0.05, 0) is 24.8 Å². The van der Waals surface area contributed by atoms with Crippen molar-refractivity contribution in [2.24, 2.45) is 0 Å². The van der Waals surface area contributed by atoms with Crippen LogP contribution in [-0.4, -0.2) is 56.6 Å². The normalized spacial score (nSPS) is 19.8. The average molecular weight is 377 g/mol. The summed E-state index contributed by atoms with van der Waals surface area (Å²) in [5.74, 6) is 0. The first-order chi connectivity index (χ1) is 12.2.